The van der Waals surface area contributed by atoms with E-state index in [4.69, 9.17) is 16.3 Å². The monoisotopic (exact) mass is 465 g/mol. The van der Waals surface area contributed by atoms with Crippen molar-refractivity contribution in [3.8, 4) is 11.8 Å². The lowest BCUT2D eigenvalue weighted by molar-refractivity contribution is -0.111. The summed E-state index contributed by atoms with van der Waals surface area (Å²) in [5.74, 6) is -0.417. The predicted molar refractivity (Wildman–Crippen MR) is 126 cm³/mol. The maximum Gasteiger partial charge on any atom is 0.248 e. The van der Waals surface area contributed by atoms with Gasteiger partial charge in [-0.2, -0.15) is 5.26 Å². The van der Waals surface area contributed by atoms with E-state index >= 15 is 0 Å². The number of pyridine rings is 1. The second-order valence-electron chi connectivity index (χ2n) is 7.53. The van der Waals surface area contributed by atoms with E-state index in [0.717, 1.165) is 19.4 Å². The van der Waals surface area contributed by atoms with Crippen LogP contribution >= 0.6 is 11.6 Å². The smallest absolute Gasteiger partial charge is 0.248 e. The van der Waals surface area contributed by atoms with Gasteiger partial charge in [-0.1, -0.05) is 17.7 Å². The molecule has 33 heavy (non-hydrogen) atoms. The summed E-state index contributed by atoms with van der Waals surface area (Å²) in [5, 5.41) is 19.4. The maximum absolute atomic E-state index is 13.6. The van der Waals surface area contributed by atoms with Crippen LogP contribution in [0.1, 0.15) is 18.4 Å². The maximum atomic E-state index is 13.6. The number of carbonyl (C=O) groups is 1. The minimum atomic E-state index is -0.544. The first-order chi connectivity index (χ1) is 16.0. The summed E-state index contributed by atoms with van der Waals surface area (Å²) in [7, 11) is 1.50. The Kier molecular flexibility index (Phi) is 6.73. The molecule has 4 rings (SSSR count). The number of carbonyl (C=O) groups excluding carboxylic acids is 1. The first kappa shape index (κ1) is 22.5. The molecule has 3 N–H and O–H groups in total. The largest absolute Gasteiger partial charge is 0.494 e. The molecule has 2 aromatic carbocycles. The van der Waals surface area contributed by atoms with Gasteiger partial charge in [-0.15, -0.1) is 0 Å². The van der Waals surface area contributed by atoms with Crippen molar-refractivity contribution >= 4 is 45.5 Å². The number of halogens is 2. The van der Waals surface area contributed by atoms with Gasteiger partial charge < -0.3 is 20.7 Å². The Morgan fingerprint density at radius 1 is 1.39 bits per heavy atom. The molecule has 1 aliphatic heterocycles. The van der Waals surface area contributed by atoms with Crippen LogP contribution in [0.5, 0.6) is 5.75 Å². The van der Waals surface area contributed by atoms with Crippen molar-refractivity contribution in [1.29, 1.82) is 5.26 Å². The lowest BCUT2D eigenvalue weighted by Gasteiger charge is -2.15. The number of nitrogens with one attached hydrogen (secondary N) is 3. The van der Waals surface area contributed by atoms with Gasteiger partial charge in [-0.05, 0) is 43.7 Å². The van der Waals surface area contributed by atoms with Gasteiger partial charge in [0.15, 0.2) is 0 Å². The SMILES string of the molecule is COc1cc2ncc(C#N)c(Nc3ccc(F)c(Cl)c3)c2cc1NC(=O)/C=C/C1CCCN1. The highest BCUT2D eigenvalue weighted by atomic mass is 35.5. The van der Waals surface area contributed by atoms with E-state index in [1.54, 1.807) is 12.1 Å². The van der Waals surface area contributed by atoms with Crippen LogP contribution in [0.25, 0.3) is 10.9 Å². The molecule has 2 heterocycles. The molecule has 7 nitrogen and oxygen atoms in total. The average Bonchev–Trinajstić information content (AvgIpc) is 3.34. The lowest BCUT2D eigenvalue weighted by Crippen LogP contribution is -2.19. The molecule has 9 heteroatoms. The van der Waals surface area contributed by atoms with Crippen molar-refractivity contribution in [2.24, 2.45) is 0 Å². The topological polar surface area (TPSA) is 99.1 Å². The normalized spacial score (nSPS) is 15.5. The van der Waals surface area contributed by atoms with E-state index in [1.807, 2.05) is 6.08 Å². The van der Waals surface area contributed by atoms with Crippen molar-refractivity contribution in [2.45, 2.75) is 18.9 Å². The third-order valence-corrected chi connectivity index (χ3v) is 5.62. The molecule has 0 saturated carbocycles. The highest BCUT2D eigenvalue weighted by molar-refractivity contribution is 6.31. The van der Waals surface area contributed by atoms with Crippen molar-refractivity contribution in [3.63, 3.8) is 0 Å². The minimum absolute atomic E-state index is 0.0463. The molecule has 1 saturated heterocycles. The molecule has 1 unspecified atom stereocenters. The number of nitriles is 1. The quantitative estimate of drug-likeness (QED) is 0.448. The summed E-state index contributed by atoms with van der Waals surface area (Å²) in [5.41, 5.74) is 2.20. The number of nitrogens with zero attached hydrogens (tertiary/aromatic N) is 2. The number of hydrogen-bond donors (Lipinski definition) is 3. The van der Waals surface area contributed by atoms with Crippen LogP contribution in [0, 0.1) is 17.1 Å². The molecule has 1 aliphatic rings. The van der Waals surface area contributed by atoms with Gasteiger partial charge in [-0.25, -0.2) is 4.39 Å². The zero-order chi connectivity index (χ0) is 23.4. The van der Waals surface area contributed by atoms with Gasteiger partial charge in [0.05, 0.1) is 34.6 Å². The molecule has 0 aliphatic carbocycles. The van der Waals surface area contributed by atoms with Crippen LogP contribution in [0.4, 0.5) is 21.5 Å². The first-order valence-electron chi connectivity index (χ1n) is 10.3. The molecule has 0 radical (unpaired) electrons. The third-order valence-electron chi connectivity index (χ3n) is 5.33. The van der Waals surface area contributed by atoms with Gasteiger partial charge in [0.1, 0.15) is 17.6 Å². The van der Waals surface area contributed by atoms with Crippen LogP contribution in [0.2, 0.25) is 5.02 Å². The number of hydrogen-bond acceptors (Lipinski definition) is 6. The number of amides is 1. The first-order valence-corrected chi connectivity index (χ1v) is 10.7. The molecule has 1 atom stereocenters. The number of aromatic nitrogens is 1. The van der Waals surface area contributed by atoms with Gasteiger partial charge in [0.2, 0.25) is 5.91 Å². The molecule has 0 bridgehead atoms. The summed E-state index contributed by atoms with van der Waals surface area (Å²) in [4.78, 5) is 16.9. The Hall–Kier alpha value is -3.67. The number of benzene rings is 2. The summed E-state index contributed by atoms with van der Waals surface area (Å²) in [6, 6.07) is 9.84. The van der Waals surface area contributed by atoms with Crippen molar-refractivity contribution in [3.05, 3.63) is 65.1 Å². The van der Waals surface area contributed by atoms with Crippen molar-refractivity contribution in [1.82, 2.24) is 10.3 Å². The molecule has 1 aromatic heterocycles. The highest BCUT2D eigenvalue weighted by Crippen LogP contribution is 2.36. The predicted octanol–water partition coefficient (Wildman–Crippen LogP) is 4.90. The number of anilines is 3. The van der Waals surface area contributed by atoms with E-state index in [1.165, 1.54) is 37.6 Å². The third kappa shape index (κ3) is 5.06. The Bertz CT molecular complexity index is 1280. The molecule has 1 fully saturated rings. The fourth-order valence-electron chi connectivity index (χ4n) is 3.68. The van der Waals surface area contributed by atoms with Crippen LogP contribution in [0.15, 0.2) is 48.7 Å². The standard InChI is InChI=1S/C24H21ClFN5O2/c1-33-22-11-20-17(10-21(22)31-23(32)7-5-15-3-2-8-28-15)24(14(12-27)13-29-20)30-16-4-6-19(26)18(25)9-16/h4-7,9-11,13,15,28H,2-3,8H2,1H3,(H,29,30)(H,31,32)/b7-5+. The average molecular weight is 466 g/mol. The Balaban J connectivity index is 1.71. The minimum Gasteiger partial charge on any atom is -0.494 e. The number of fused-ring (bicyclic) bond motifs is 1. The second-order valence-corrected chi connectivity index (χ2v) is 7.94. The fourth-order valence-corrected chi connectivity index (χ4v) is 3.86. The molecule has 1 amide bonds. The van der Waals surface area contributed by atoms with Crippen molar-refractivity contribution in [2.75, 3.05) is 24.3 Å². The fraction of sp³-hybridized carbons (Fsp3) is 0.208. The zero-order valence-electron chi connectivity index (χ0n) is 17.8. The van der Waals surface area contributed by atoms with E-state index in [9.17, 15) is 14.4 Å². The summed E-state index contributed by atoms with van der Waals surface area (Å²) < 4.78 is 19.0. The number of rotatable bonds is 6. The molecular formula is C24H21ClFN5O2. The van der Waals surface area contributed by atoms with Crippen LogP contribution < -0.4 is 20.7 Å². The lowest BCUT2D eigenvalue weighted by atomic mass is 10.1. The molecular weight excluding hydrogens is 445 g/mol. The number of methoxy groups -OCH3 is 1. The van der Waals surface area contributed by atoms with Crippen LogP contribution in [-0.2, 0) is 4.79 Å². The molecule has 3 aromatic rings. The van der Waals surface area contributed by atoms with E-state index in [2.05, 4.69) is 27.0 Å². The Morgan fingerprint density at radius 3 is 2.94 bits per heavy atom. The van der Waals surface area contributed by atoms with E-state index in [-0.39, 0.29) is 22.5 Å². The molecule has 0 spiro atoms. The zero-order valence-corrected chi connectivity index (χ0v) is 18.5. The highest BCUT2D eigenvalue weighted by Gasteiger charge is 2.16. The van der Waals surface area contributed by atoms with Gasteiger partial charge in [0.25, 0.3) is 0 Å². The molecule has 168 valence electrons. The van der Waals surface area contributed by atoms with Gasteiger partial charge >= 0.3 is 0 Å². The van der Waals surface area contributed by atoms with Gasteiger partial charge in [0, 0.05) is 35.5 Å². The summed E-state index contributed by atoms with van der Waals surface area (Å²) >= 11 is 5.90. The summed E-state index contributed by atoms with van der Waals surface area (Å²) in [6.45, 7) is 0.943. The van der Waals surface area contributed by atoms with Crippen LogP contribution in [-0.4, -0.2) is 30.6 Å². The van der Waals surface area contributed by atoms with Crippen molar-refractivity contribution < 1.29 is 13.9 Å². The van der Waals surface area contributed by atoms with E-state index < -0.39 is 5.82 Å². The van der Waals surface area contributed by atoms with Crippen LogP contribution in [0.3, 0.4) is 0 Å². The summed E-state index contributed by atoms with van der Waals surface area (Å²) in [6.07, 6.45) is 6.85. The number of ether oxygens (including phenoxy) is 1. The second kappa shape index (κ2) is 9.86. The van der Waals surface area contributed by atoms with Gasteiger partial charge in [-0.3, -0.25) is 9.78 Å². The Morgan fingerprint density at radius 2 is 2.24 bits per heavy atom. The Labute approximate surface area is 195 Å². The van der Waals surface area contributed by atoms with E-state index in [0.29, 0.717) is 33.7 Å².